The molecule has 0 spiro atoms. The lowest BCUT2D eigenvalue weighted by Gasteiger charge is -2.48. The van der Waals surface area contributed by atoms with Crippen LogP contribution < -0.4 is 5.73 Å². The van der Waals surface area contributed by atoms with E-state index in [1.54, 1.807) is 0 Å². The number of rotatable bonds is 4. The summed E-state index contributed by atoms with van der Waals surface area (Å²) < 4.78 is 0. The summed E-state index contributed by atoms with van der Waals surface area (Å²) >= 11 is 0. The molecule has 1 fully saturated rings. The van der Waals surface area contributed by atoms with E-state index in [0.717, 1.165) is 13.1 Å². The van der Waals surface area contributed by atoms with Gasteiger partial charge in [-0.1, -0.05) is 44.5 Å². The van der Waals surface area contributed by atoms with E-state index >= 15 is 0 Å². The van der Waals surface area contributed by atoms with Gasteiger partial charge in [-0.05, 0) is 43.4 Å². The molecule has 2 heteroatoms. The van der Waals surface area contributed by atoms with Crippen LogP contribution in [0.1, 0.15) is 44.2 Å². The average molecular weight is 260 g/mol. The first kappa shape index (κ1) is 14.5. The number of hydrogen-bond donors (Lipinski definition) is 1. The van der Waals surface area contributed by atoms with Gasteiger partial charge in [0, 0.05) is 18.6 Å². The molecule has 2 N–H and O–H groups in total. The van der Waals surface area contributed by atoms with E-state index in [1.807, 2.05) is 0 Å². The summed E-state index contributed by atoms with van der Waals surface area (Å²) in [5.41, 5.74) is 9.44. The molecule has 0 amide bonds. The quantitative estimate of drug-likeness (QED) is 0.899. The summed E-state index contributed by atoms with van der Waals surface area (Å²) in [5.74, 6) is 0. The van der Waals surface area contributed by atoms with Crippen molar-refractivity contribution in [3.8, 4) is 0 Å². The van der Waals surface area contributed by atoms with E-state index in [-0.39, 0.29) is 5.54 Å². The second kappa shape index (κ2) is 5.26. The maximum absolute atomic E-state index is 6.20. The Morgan fingerprint density at radius 2 is 1.89 bits per heavy atom. The maximum Gasteiger partial charge on any atom is 0.0383 e. The van der Waals surface area contributed by atoms with Crippen molar-refractivity contribution in [1.82, 2.24) is 4.90 Å². The number of aryl methyl sites for hydroxylation is 1. The zero-order valence-corrected chi connectivity index (χ0v) is 12.9. The fourth-order valence-electron chi connectivity index (χ4n) is 3.83. The third-order valence-electron chi connectivity index (χ3n) is 5.39. The van der Waals surface area contributed by atoms with Crippen LogP contribution in [0.4, 0.5) is 0 Å². The van der Waals surface area contributed by atoms with Gasteiger partial charge in [0.05, 0.1) is 0 Å². The monoisotopic (exact) mass is 260 g/mol. The third kappa shape index (κ3) is 2.44. The van der Waals surface area contributed by atoms with Crippen LogP contribution >= 0.6 is 0 Å². The minimum atomic E-state index is 0.148. The molecule has 19 heavy (non-hydrogen) atoms. The molecule has 106 valence electrons. The highest BCUT2D eigenvalue weighted by molar-refractivity contribution is 5.26. The van der Waals surface area contributed by atoms with E-state index in [0.29, 0.717) is 5.41 Å². The lowest BCUT2D eigenvalue weighted by atomic mass is 9.73. The van der Waals surface area contributed by atoms with Crippen LogP contribution in [0, 0.1) is 12.3 Å². The summed E-state index contributed by atoms with van der Waals surface area (Å²) in [7, 11) is 2.24. The molecule has 0 bridgehead atoms. The van der Waals surface area contributed by atoms with Gasteiger partial charge in [0.15, 0.2) is 0 Å². The highest BCUT2D eigenvalue weighted by Crippen LogP contribution is 2.49. The average Bonchev–Trinajstić information content (AvgIpc) is 2.68. The Hall–Kier alpha value is -0.860. The highest BCUT2D eigenvalue weighted by Gasteiger charge is 2.50. The van der Waals surface area contributed by atoms with E-state index in [9.17, 15) is 0 Å². The molecule has 2 rings (SSSR count). The largest absolute Gasteiger partial charge is 0.329 e. The fraction of sp³-hybridized carbons (Fsp3) is 0.647. The van der Waals surface area contributed by atoms with Gasteiger partial charge in [-0.15, -0.1) is 0 Å². The second-order valence-corrected chi connectivity index (χ2v) is 6.76. The van der Waals surface area contributed by atoms with Gasteiger partial charge >= 0.3 is 0 Å². The van der Waals surface area contributed by atoms with Crippen LogP contribution in [-0.2, 0) is 6.54 Å². The zero-order chi connectivity index (χ0) is 14.1. The summed E-state index contributed by atoms with van der Waals surface area (Å²) in [4.78, 5) is 2.50. The maximum atomic E-state index is 6.20. The molecule has 2 nitrogen and oxygen atoms in total. The lowest BCUT2D eigenvalue weighted by Crippen LogP contribution is -2.58. The summed E-state index contributed by atoms with van der Waals surface area (Å²) in [6.45, 7) is 8.69. The van der Waals surface area contributed by atoms with Gasteiger partial charge in [0.1, 0.15) is 0 Å². The summed E-state index contributed by atoms with van der Waals surface area (Å²) in [6.07, 6.45) is 3.80. The van der Waals surface area contributed by atoms with Crippen molar-refractivity contribution in [1.29, 1.82) is 0 Å². The third-order valence-corrected chi connectivity index (χ3v) is 5.39. The molecule has 0 heterocycles. The van der Waals surface area contributed by atoms with E-state index in [2.05, 4.69) is 57.0 Å². The van der Waals surface area contributed by atoms with Gasteiger partial charge in [0.2, 0.25) is 0 Å². The van der Waals surface area contributed by atoms with Gasteiger partial charge in [-0.3, -0.25) is 4.90 Å². The van der Waals surface area contributed by atoms with Gasteiger partial charge in [-0.25, -0.2) is 0 Å². The SMILES string of the molecule is Cc1ccccc1CN(C)C1(CN)CCCC1(C)C. The molecule has 0 radical (unpaired) electrons. The summed E-state index contributed by atoms with van der Waals surface area (Å²) in [5, 5.41) is 0. The molecular weight excluding hydrogens is 232 g/mol. The number of nitrogens with zero attached hydrogens (tertiary/aromatic N) is 1. The standard InChI is InChI=1S/C17H28N2/c1-14-8-5-6-9-15(14)12-19(4)17(13-18)11-7-10-16(17,2)3/h5-6,8-9H,7,10-13,18H2,1-4H3. The minimum Gasteiger partial charge on any atom is -0.329 e. The molecule has 0 saturated heterocycles. The minimum absolute atomic E-state index is 0.148. The van der Waals surface area contributed by atoms with Crippen LogP contribution in [0.3, 0.4) is 0 Å². The zero-order valence-electron chi connectivity index (χ0n) is 12.9. The van der Waals surface area contributed by atoms with Crippen molar-refractivity contribution >= 4 is 0 Å². The van der Waals surface area contributed by atoms with Gasteiger partial charge in [-0.2, -0.15) is 0 Å². The smallest absolute Gasteiger partial charge is 0.0383 e. The molecular formula is C17H28N2. The Bertz CT molecular complexity index is 439. The molecule has 1 unspecified atom stereocenters. The Kier molecular flexibility index (Phi) is 4.03. The summed E-state index contributed by atoms with van der Waals surface area (Å²) in [6, 6.07) is 8.66. The molecule has 1 saturated carbocycles. The van der Waals surface area contributed by atoms with Crippen LogP contribution in [0.25, 0.3) is 0 Å². The number of benzene rings is 1. The van der Waals surface area contributed by atoms with Crippen molar-refractivity contribution in [2.24, 2.45) is 11.1 Å². The van der Waals surface area contributed by atoms with Crippen LogP contribution in [0.2, 0.25) is 0 Å². The second-order valence-electron chi connectivity index (χ2n) is 6.76. The van der Waals surface area contributed by atoms with Gasteiger partial charge in [0.25, 0.3) is 0 Å². The molecule has 1 aromatic rings. The molecule has 0 aliphatic heterocycles. The Balaban J connectivity index is 2.23. The van der Waals surface area contributed by atoms with Crippen LogP contribution in [-0.4, -0.2) is 24.0 Å². The van der Waals surface area contributed by atoms with Crippen molar-refractivity contribution in [2.45, 2.75) is 52.1 Å². The van der Waals surface area contributed by atoms with E-state index < -0.39 is 0 Å². The van der Waals surface area contributed by atoms with E-state index in [4.69, 9.17) is 5.73 Å². The Morgan fingerprint density at radius 1 is 1.21 bits per heavy atom. The fourth-order valence-corrected chi connectivity index (χ4v) is 3.83. The van der Waals surface area contributed by atoms with E-state index in [1.165, 1.54) is 30.4 Å². The number of nitrogens with two attached hydrogens (primary N) is 1. The molecule has 1 aromatic carbocycles. The Labute approximate surface area is 118 Å². The first-order chi connectivity index (χ1) is 8.93. The van der Waals surface area contributed by atoms with Crippen LogP contribution in [0.5, 0.6) is 0 Å². The highest BCUT2D eigenvalue weighted by atomic mass is 15.2. The molecule has 0 aromatic heterocycles. The predicted molar refractivity (Wildman–Crippen MR) is 82.1 cm³/mol. The van der Waals surface area contributed by atoms with Crippen molar-refractivity contribution < 1.29 is 0 Å². The topological polar surface area (TPSA) is 29.3 Å². The van der Waals surface area contributed by atoms with Crippen molar-refractivity contribution in [2.75, 3.05) is 13.6 Å². The Morgan fingerprint density at radius 3 is 2.42 bits per heavy atom. The first-order valence-electron chi connectivity index (χ1n) is 7.39. The first-order valence-corrected chi connectivity index (χ1v) is 7.39. The van der Waals surface area contributed by atoms with Crippen LogP contribution in [0.15, 0.2) is 24.3 Å². The number of hydrogen-bond acceptors (Lipinski definition) is 2. The predicted octanol–water partition coefficient (Wildman–Crippen LogP) is 3.33. The van der Waals surface area contributed by atoms with Gasteiger partial charge < -0.3 is 5.73 Å². The lowest BCUT2D eigenvalue weighted by molar-refractivity contribution is 0.0275. The van der Waals surface area contributed by atoms with Crippen molar-refractivity contribution in [3.63, 3.8) is 0 Å². The normalized spacial score (nSPS) is 26.0. The molecule has 1 aliphatic carbocycles. The van der Waals surface area contributed by atoms with Crippen molar-refractivity contribution in [3.05, 3.63) is 35.4 Å². The molecule has 1 atom stereocenters. The number of likely N-dealkylation sites (N-methyl/N-ethyl adjacent to an activating group) is 1. The molecule has 1 aliphatic rings.